The van der Waals surface area contributed by atoms with Crippen molar-refractivity contribution in [3.63, 3.8) is 0 Å². The van der Waals surface area contributed by atoms with E-state index < -0.39 is 46.7 Å². The highest BCUT2D eigenvalue weighted by Crippen LogP contribution is 2.43. The van der Waals surface area contributed by atoms with Gasteiger partial charge in [0.25, 0.3) is 18.1 Å². The Morgan fingerprint density at radius 3 is 1.40 bits per heavy atom. The summed E-state index contributed by atoms with van der Waals surface area (Å²) < 4.78 is 89.2. The lowest BCUT2D eigenvalue weighted by Crippen LogP contribution is -2.26. The molecule has 0 fully saturated rings. The Labute approximate surface area is 180 Å². The lowest BCUT2D eigenvalue weighted by atomic mass is 10.3. The van der Waals surface area contributed by atoms with Crippen LogP contribution in [0.1, 0.15) is 0 Å². The number of rotatable bonds is 5. The van der Waals surface area contributed by atoms with E-state index in [1.54, 1.807) is 18.2 Å². The third-order valence-corrected chi connectivity index (χ3v) is 9.91. The van der Waals surface area contributed by atoms with E-state index in [4.69, 9.17) is 21.4 Å². The smallest absolute Gasteiger partial charge is 0.264 e. The van der Waals surface area contributed by atoms with Gasteiger partial charge in [-0.15, -0.1) is 0 Å². The fourth-order valence-electron chi connectivity index (χ4n) is 2.83. The molecule has 0 radical (unpaired) electrons. The first kappa shape index (κ1) is 22.9. The third-order valence-electron chi connectivity index (χ3n) is 4.20. The summed E-state index contributed by atoms with van der Waals surface area (Å²) in [5, 5.41) is -0.142. The van der Waals surface area contributed by atoms with Gasteiger partial charge < -0.3 is 4.57 Å². The Kier molecular flexibility index (Phi) is 6.15. The van der Waals surface area contributed by atoms with Crippen LogP contribution in [-0.4, -0.2) is 16.8 Å². The molecule has 0 amide bonds. The van der Waals surface area contributed by atoms with E-state index in [2.05, 4.69) is 0 Å². The van der Waals surface area contributed by atoms with Crippen LogP contribution < -0.4 is 15.9 Å². The molecule has 0 aliphatic heterocycles. The maximum Gasteiger partial charge on any atom is 0.264 e. The molecule has 158 valence electrons. The topological polar surface area (TPSA) is 85.3 Å². The van der Waals surface area contributed by atoms with Crippen LogP contribution in [-0.2, 0) is 22.7 Å². The number of hydrogen-bond donors (Lipinski definition) is 0. The van der Waals surface area contributed by atoms with Crippen molar-refractivity contribution in [2.75, 3.05) is 0 Å². The minimum Gasteiger partial charge on any atom is -0.309 e. The van der Waals surface area contributed by atoms with E-state index >= 15 is 0 Å². The Balaban J connectivity index is 2.41. The van der Waals surface area contributed by atoms with Gasteiger partial charge >= 0.3 is 0 Å². The Morgan fingerprint density at radius 1 is 0.633 bits per heavy atom. The van der Waals surface area contributed by atoms with Crippen LogP contribution in [0.15, 0.2) is 76.5 Å². The van der Waals surface area contributed by atoms with Gasteiger partial charge in [0, 0.05) is 37.3 Å². The Morgan fingerprint density at radius 2 is 1.03 bits per heavy atom. The minimum atomic E-state index is -4.52. The van der Waals surface area contributed by atoms with Crippen LogP contribution in [0.5, 0.6) is 0 Å². The summed E-state index contributed by atoms with van der Waals surface area (Å²) in [6.45, 7) is 0. The molecule has 30 heavy (non-hydrogen) atoms. The van der Waals surface area contributed by atoms with Gasteiger partial charge in [0.05, 0.1) is 0 Å². The van der Waals surface area contributed by atoms with Crippen molar-refractivity contribution in [3.05, 3.63) is 78.4 Å². The Bertz CT molecular complexity index is 1310. The average Bonchev–Trinajstić information content (AvgIpc) is 2.67. The molecule has 0 unspecified atom stereocenters. The van der Waals surface area contributed by atoms with Crippen LogP contribution >= 0.6 is 28.5 Å². The maximum atomic E-state index is 14.3. The summed E-state index contributed by atoms with van der Waals surface area (Å²) in [5.41, 5.74) is 0. The molecular weight excluding hydrogens is 500 g/mol. The van der Waals surface area contributed by atoms with Crippen LogP contribution in [0.2, 0.25) is 0 Å². The van der Waals surface area contributed by atoms with Crippen molar-refractivity contribution in [2.45, 2.75) is 9.79 Å². The molecule has 0 saturated heterocycles. The molecule has 0 N–H and O–H groups in total. The summed E-state index contributed by atoms with van der Waals surface area (Å²) in [7, 11) is -2.47. The normalized spacial score (nSPS) is 12.7. The summed E-state index contributed by atoms with van der Waals surface area (Å²) in [6, 6.07) is 13.0. The first-order valence-electron chi connectivity index (χ1n) is 8.00. The van der Waals surface area contributed by atoms with Crippen LogP contribution in [0.25, 0.3) is 0 Å². The summed E-state index contributed by atoms with van der Waals surface area (Å²) >= 11 is 0. The van der Waals surface area contributed by atoms with Gasteiger partial charge in [-0.3, -0.25) is 0 Å². The molecule has 0 atom stereocenters. The second kappa shape index (κ2) is 8.05. The summed E-state index contributed by atoms with van der Waals surface area (Å²) in [4.78, 5) is -1.80. The lowest BCUT2D eigenvalue weighted by molar-refractivity contribution is 0.574. The average molecular weight is 511 g/mol. The van der Waals surface area contributed by atoms with Crippen molar-refractivity contribution in [2.24, 2.45) is 0 Å². The highest BCUT2D eigenvalue weighted by Gasteiger charge is 2.33. The second-order valence-corrected chi connectivity index (χ2v) is 13.9. The zero-order chi connectivity index (χ0) is 22.3. The standard InChI is InChI=1S/C18H11Cl2F2O5PS2/c19-29(24,25)17-10-13(6-8-15(17)21)28(23,12-4-2-1-3-5-12)14-7-9-16(22)18(11-14)30(20,26)27/h1-11H. The fourth-order valence-corrected chi connectivity index (χ4v) is 7.53. The van der Waals surface area contributed by atoms with Gasteiger partial charge in [0.15, 0.2) is 7.14 Å². The number of hydrogen-bond acceptors (Lipinski definition) is 5. The third kappa shape index (κ3) is 4.31. The molecule has 0 aliphatic carbocycles. The van der Waals surface area contributed by atoms with Crippen molar-refractivity contribution >= 4 is 62.5 Å². The quantitative estimate of drug-likeness (QED) is 0.387. The van der Waals surface area contributed by atoms with E-state index in [1.165, 1.54) is 12.1 Å². The molecule has 0 bridgehead atoms. The lowest BCUT2D eigenvalue weighted by Gasteiger charge is -2.21. The largest absolute Gasteiger partial charge is 0.309 e. The Hall–Kier alpha value is -1.77. The minimum absolute atomic E-state index is 0.154. The van der Waals surface area contributed by atoms with Gasteiger partial charge in [-0.05, 0) is 36.4 Å². The van der Waals surface area contributed by atoms with Crippen molar-refractivity contribution in [1.29, 1.82) is 0 Å². The van der Waals surface area contributed by atoms with E-state index in [0.717, 1.165) is 36.4 Å². The van der Waals surface area contributed by atoms with Crippen LogP contribution in [0.3, 0.4) is 0 Å². The first-order valence-corrected chi connectivity index (χ1v) is 14.3. The molecule has 3 aromatic rings. The summed E-state index contributed by atoms with van der Waals surface area (Å²) in [5.74, 6) is -2.31. The fraction of sp³-hybridized carbons (Fsp3) is 0. The van der Waals surface area contributed by atoms with E-state index in [1.807, 2.05) is 0 Å². The predicted octanol–water partition coefficient (Wildman–Crippen LogP) is 3.46. The summed E-state index contributed by atoms with van der Waals surface area (Å²) in [6.07, 6.45) is 0. The molecule has 0 aromatic heterocycles. The molecule has 0 aliphatic rings. The molecular formula is C18H11Cl2F2O5PS2. The first-order chi connectivity index (χ1) is 13.8. The van der Waals surface area contributed by atoms with E-state index in [9.17, 15) is 30.2 Å². The zero-order valence-electron chi connectivity index (χ0n) is 14.7. The van der Waals surface area contributed by atoms with Crippen molar-refractivity contribution in [1.82, 2.24) is 0 Å². The van der Waals surface area contributed by atoms with Gasteiger partial charge in [0.2, 0.25) is 0 Å². The molecule has 5 nitrogen and oxygen atoms in total. The second-order valence-electron chi connectivity index (χ2n) is 6.05. The number of halogens is 4. The molecule has 0 heterocycles. The molecule has 0 spiro atoms. The van der Waals surface area contributed by atoms with Crippen molar-refractivity contribution < 1.29 is 30.2 Å². The zero-order valence-corrected chi connectivity index (χ0v) is 18.7. The highest BCUT2D eigenvalue weighted by atomic mass is 35.7. The molecule has 0 saturated carbocycles. The van der Waals surface area contributed by atoms with Gasteiger partial charge in [-0.25, -0.2) is 25.6 Å². The maximum absolute atomic E-state index is 14.3. The van der Waals surface area contributed by atoms with Gasteiger partial charge in [-0.1, -0.05) is 30.3 Å². The molecule has 3 aromatic carbocycles. The number of benzene rings is 3. The van der Waals surface area contributed by atoms with Gasteiger partial charge in [0.1, 0.15) is 21.4 Å². The predicted molar refractivity (Wildman–Crippen MR) is 112 cm³/mol. The van der Waals surface area contributed by atoms with Crippen LogP contribution in [0.4, 0.5) is 8.78 Å². The highest BCUT2D eigenvalue weighted by molar-refractivity contribution is 8.14. The molecule has 3 rings (SSSR count). The monoisotopic (exact) mass is 510 g/mol. The molecule has 12 heteroatoms. The van der Waals surface area contributed by atoms with Gasteiger partial charge in [-0.2, -0.15) is 0 Å². The van der Waals surface area contributed by atoms with E-state index in [-0.39, 0.29) is 15.9 Å². The van der Waals surface area contributed by atoms with Crippen molar-refractivity contribution in [3.8, 4) is 0 Å². The van der Waals surface area contributed by atoms with Crippen LogP contribution in [0, 0.1) is 11.6 Å². The van der Waals surface area contributed by atoms with E-state index in [0.29, 0.717) is 0 Å². The SMILES string of the molecule is O=P(c1ccccc1)(c1ccc(F)c(S(=O)(=O)Cl)c1)c1ccc(F)c(S(=O)(=O)Cl)c1.